The summed E-state index contributed by atoms with van der Waals surface area (Å²) in [5.74, 6) is -18.3. The molecule has 0 aromatic heterocycles. The van der Waals surface area contributed by atoms with Crippen molar-refractivity contribution in [1.29, 1.82) is 0 Å². The number of halogens is 8. The molecule has 1 aliphatic rings. The average Bonchev–Trinajstić information content (AvgIpc) is 2.82. The SMILES string of the molecule is CCOc1ccc(OCc2ccc3c(c2F)C(F)(F)C(F)(F)c2c-3ccc(OCC)c2F)c(F)c1F. The maximum Gasteiger partial charge on any atom is 0.343 e. The number of hydrogen-bond acceptors (Lipinski definition) is 3. The van der Waals surface area contributed by atoms with Crippen LogP contribution in [0.5, 0.6) is 17.2 Å². The van der Waals surface area contributed by atoms with Crippen molar-refractivity contribution in [3.05, 3.63) is 76.4 Å². The number of fused-ring (bicyclic) bond motifs is 3. The van der Waals surface area contributed by atoms with Gasteiger partial charge in [-0.2, -0.15) is 26.3 Å². The minimum atomic E-state index is -5.16. The summed E-state index contributed by atoms with van der Waals surface area (Å²) in [5, 5.41) is 0. The van der Waals surface area contributed by atoms with Crippen molar-refractivity contribution >= 4 is 0 Å². The van der Waals surface area contributed by atoms with Crippen LogP contribution in [0.15, 0.2) is 36.4 Å². The van der Waals surface area contributed by atoms with Gasteiger partial charge in [0.15, 0.2) is 23.1 Å². The molecule has 0 saturated heterocycles. The van der Waals surface area contributed by atoms with E-state index in [1.807, 2.05) is 0 Å². The van der Waals surface area contributed by atoms with Crippen LogP contribution in [-0.4, -0.2) is 13.2 Å². The molecule has 192 valence electrons. The van der Waals surface area contributed by atoms with Crippen LogP contribution in [0, 0.1) is 23.3 Å². The van der Waals surface area contributed by atoms with E-state index in [0.717, 1.165) is 36.4 Å². The third kappa shape index (κ3) is 3.81. The summed E-state index contributed by atoms with van der Waals surface area (Å²) >= 11 is 0. The zero-order chi connectivity index (χ0) is 26.4. The Kier molecular flexibility index (Phi) is 6.52. The Morgan fingerprint density at radius 2 is 0.972 bits per heavy atom. The van der Waals surface area contributed by atoms with Crippen LogP contribution < -0.4 is 14.2 Å². The average molecular weight is 518 g/mol. The summed E-state index contributed by atoms with van der Waals surface area (Å²) in [7, 11) is 0. The number of alkyl halides is 4. The largest absolute Gasteiger partial charge is 0.491 e. The van der Waals surface area contributed by atoms with Gasteiger partial charge in [-0.25, -0.2) is 8.78 Å². The Morgan fingerprint density at radius 3 is 1.50 bits per heavy atom. The van der Waals surface area contributed by atoms with Gasteiger partial charge < -0.3 is 14.2 Å². The summed E-state index contributed by atoms with van der Waals surface area (Å²) < 4.78 is 133. The Bertz CT molecular complexity index is 1320. The third-order valence-corrected chi connectivity index (χ3v) is 5.64. The van der Waals surface area contributed by atoms with E-state index < -0.39 is 86.8 Å². The fourth-order valence-electron chi connectivity index (χ4n) is 3.98. The maximum absolute atomic E-state index is 15.2. The lowest BCUT2D eigenvalue weighted by molar-refractivity contribution is -0.228. The fourth-order valence-corrected chi connectivity index (χ4v) is 3.98. The quantitative estimate of drug-likeness (QED) is 0.304. The van der Waals surface area contributed by atoms with Crippen molar-refractivity contribution in [1.82, 2.24) is 0 Å². The standard InChI is InChI=1S/C25H18F8O3/c1-3-34-15-8-7-14-13-6-5-12(11-36-17-10-9-16(35-4-2)22(28)23(17)29)20(26)18(13)24(30,31)25(32,33)19(14)21(15)27/h5-10H,3-4,11H2,1-2H3. The van der Waals surface area contributed by atoms with Crippen molar-refractivity contribution in [2.75, 3.05) is 13.2 Å². The van der Waals surface area contributed by atoms with Gasteiger partial charge in [0, 0.05) is 5.56 Å². The van der Waals surface area contributed by atoms with Crippen molar-refractivity contribution in [3.8, 4) is 28.4 Å². The van der Waals surface area contributed by atoms with Crippen LogP contribution in [0.1, 0.15) is 30.5 Å². The smallest absolute Gasteiger partial charge is 0.343 e. The maximum atomic E-state index is 15.2. The van der Waals surface area contributed by atoms with E-state index in [0.29, 0.717) is 0 Å². The van der Waals surface area contributed by atoms with Crippen molar-refractivity contribution in [3.63, 3.8) is 0 Å². The lowest BCUT2D eigenvalue weighted by Gasteiger charge is -2.35. The fraction of sp³-hybridized carbons (Fsp3) is 0.280. The molecule has 0 spiro atoms. The minimum Gasteiger partial charge on any atom is -0.491 e. The van der Waals surface area contributed by atoms with E-state index in [1.54, 1.807) is 6.92 Å². The summed E-state index contributed by atoms with van der Waals surface area (Å²) in [6.45, 7) is 2.05. The molecule has 0 radical (unpaired) electrons. The Balaban J connectivity index is 1.77. The molecule has 0 bridgehead atoms. The predicted molar refractivity (Wildman–Crippen MR) is 113 cm³/mol. The highest BCUT2D eigenvalue weighted by Gasteiger charge is 2.65. The molecule has 0 heterocycles. The molecule has 0 fully saturated rings. The minimum absolute atomic E-state index is 0.0513. The molecule has 1 aliphatic carbocycles. The lowest BCUT2D eigenvalue weighted by Crippen LogP contribution is -2.41. The van der Waals surface area contributed by atoms with Crippen LogP contribution in [-0.2, 0) is 18.5 Å². The first-order valence-corrected chi connectivity index (χ1v) is 10.7. The highest BCUT2D eigenvalue weighted by molar-refractivity contribution is 5.77. The summed E-state index contributed by atoms with van der Waals surface area (Å²) in [4.78, 5) is 0. The molecule has 11 heteroatoms. The van der Waals surface area contributed by atoms with Gasteiger partial charge in [-0.15, -0.1) is 0 Å². The summed E-state index contributed by atoms with van der Waals surface area (Å²) in [5.41, 5.74) is -5.19. The van der Waals surface area contributed by atoms with Gasteiger partial charge in [-0.1, -0.05) is 12.1 Å². The van der Waals surface area contributed by atoms with E-state index in [1.165, 1.54) is 6.92 Å². The van der Waals surface area contributed by atoms with E-state index >= 15 is 13.2 Å². The molecule has 4 rings (SSSR count). The van der Waals surface area contributed by atoms with Gasteiger partial charge in [0.05, 0.1) is 24.3 Å². The van der Waals surface area contributed by atoms with Crippen LogP contribution >= 0.6 is 0 Å². The molecule has 0 amide bonds. The monoisotopic (exact) mass is 518 g/mol. The van der Waals surface area contributed by atoms with Gasteiger partial charge in [-0.3, -0.25) is 0 Å². The van der Waals surface area contributed by atoms with Crippen LogP contribution in [0.2, 0.25) is 0 Å². The molecule has 3 aromatic carbocycles. The van der Waals surface area contributed by atoms with Gasteiger partial charge in [-0.05, 0) is 49.2 Å². The Morgan fingerprint density at radius 1 is 0.556 bits per heavy atom. The van der Waals surface area contributed by atoms with E-state index in [4.69, 9.17) is 14.2 Å². The molecule has 0 unspecified atom stereocenters. The highest BCUT2D eigenvalue weighted by atomic mass is 19.3. The summed E-state index contributed by atoms with van der Waals surface area (Å²) in [6, 6.07) is 5.83. The summed E-state index contributed by atoms with van der Waals surface area (Å²) in [6.07, 6.45) is 0. The Labute approximate surface area is 200 Å². The molecule has 36 heavy (non-hydrogen) atoms. The predicted octanol–water partition coefficient (Wildman–Crippen LogP) is 7.48. The highest BCUT2D eigenvalue weighted by Crippen LogP contribution is 2.60. The van der Waals surface area contributed by atoms with E-state index in [-0.39, 0.29) is 13.2 Å². The number of hydrogen-bond donors (Lipinski definition) is 0. The van der Waals surface area contributed by atoms with Crippen molar-refractivity contribution < 1.29 is 49.3 Å². The van der Waals surface area contributed by atoms with Crippen LogP contribution in [0.3, 0.4) is 0 Å². The first-order chi connectivity index (χ1) is 17.0. The second-order valence-corrected chi connectivity index (χ2v) is 7.75. The van der Waals surface area contributed by atoms with Gasteiger partial charge >= 0.3 is 11.8 Å². The number of ether oxygens (including phenoxy) is 3. The lowest BCUT2D eigenvalue weighted by atomic mass is 9.79. The van der Waals surface area contributed by atoms with Gasteiger partial charge in [0.25, 0.3) is 0 Å². The molecule has 0 aliphatic heterocycles. The van der Waals surface area contributed by atoms with Gasteiger partial charge in [0.2, 0.25) is 11.6 Å². The molecular weight excluding hydrogens is 500 g/mol. The number of benzene rings is 3. The topological polar surface area (TPSA) is 27.7 Å². The molecule has 0 N–H and O–H groups in total. The molecule has 3 nitrogen and oxygen atoms in total. The van der Waals surface area contributed by atoms with Crippen molar-refractivity contribution in [2.24, 2.45) is 0 Å². The van der Waals surface area contributed by atoms with E-state index in [9.17, 15) is 22.0 Å². The molecule has 3 aromatic rings. The third-order valence-electron chi connectivity index (χ3n) is 5.64. The zero-order valence-corrected chi connectivity index (χ0v) is 18.8. The molecule has 0 atom stereocenters. The number of rotatable bonds is 7. The zero-order valence-electron chi connectivity index (χ0n) is 18.8. The first-order valence-electron chi connectivity index (χ1n) is 10.7. The second kappa shape index (κ2) is 9.18. The molecule has 0 saturated carbocycles. The Hall–Kier alpha value is -3.50. The van der Waals surface area contributed by atoms with Crippen LogP contribution in [0.4, 0.5) is 35.1 Å². The normalized spacial score (nSPS) is 15.2. The second-order valence-electron chi connectivity index (χ2n) is 7.75. The van der Waals surface area contributed by atoms with E-state index in [2.05, 4.69) is 0 Å². The first kappa shape index (κ1) is 25.6. The van der Waals surface area contributed by atoms with Crippen molar-refractivity contribution in [2.45, 2.75) is 32.3 Å². The molecular formula is C25H18F8O3. The van der Waals surface area contributed by atoms with Crippen LogP contribution in [0.25, 0.3) is 11.1 Å². The van der Waals surface area contributed by atoms with Gasteiger partial charge in [0.1, 0.15) is 12.4 Å².